The van der Waals surface area contributed by atoms with E-state index in [1.807, 2.05) is 12.1 Å². The maximum absolute atomic E-state index is 11.7. The molecule has 2 atom stereocenters. The van der Waals surface area contributed by atoms with Crippen LogP contribution in [0.4, 0.5) is 0 Å². The van der Waals surface area contributed by atoms with Gasteiger partial charge in [-0.2, -0.15) is 0 Å². The molecule has 0 amide bonds. The van der Waals surface area contributed by atoms with Crippen molar-refractivity contribution in [1.82, 2.24) is 5.32 Å². The van der Waals surface area contributed by atoms with E-state index in [2.05, 4.69) is 17.4 Å². The third kappa shape index (κ3) is 3.74. The molecule has 7 heteroatoms. The van der Waals surface area contributed by atoms with Crippen LogP contribution in [0.3, 0.4) is 0 Å². The van der Waals surface area contributed by atoms with Gasteiger partial charge in [0.25, 0.3) is 0 Å². The summed E-state index contributed by atoms with van der Waals surface area (Å²) in [5.74, 6) is 0.665. The van der Waals surface area contributed by atoms with Gasteiger partial charge in [0.15, 0.2) is 9.84 Å². The third-order valence-corrected chi connectivity index (χ3v) is 6.89. The fraction of sp³-hybridized carbons (Fsp3) is 0.647. The number of rotatable bonds is 5. The average molecular weight is 355 g/mol. The monoisotopic (exact) mass is 355 g/mol. The minimum atomic E-state index is -3.14. The number of aliphatic hydroxyl groups excluding tert-OH is 1. The number of nitrogens with one attached hydrogen (secondary N) is 1. The maximum Gasteiger partial charge on any atom is 0.154 e. The van der Waals surface area contributed by atoms with Crippen molar-refractivity contribution in [3.8, 4) is 5.75 Å². The van der Waals surface area contributed by atoms with Crippen LogP contribution in [-0.2, 0) is 20.0 Å². The zero-order valence-corrected chi connectivity index (χ0v) is 14.7. The summed E-state index contributed by atoms with van der Waals surface area (Å²) in [7, 11) is -1.50. The Hall–Kier alpha value is -1.15. The van der Waals surface area contributed by atoms with Gasteiger partial charge in [-0.05, 0) is 30.5 Å². The van der Waals surface area contributed by atoms with Crippen molar-refractivity contribution in [3.05, 3.63) is 29.8 Å². The number of ether oxygens (including phenoxy) is 2. The van der Waals surface area contributed by atoms with Crippen LogP contribution in [0.2, 0.25) is 0 Å². The van der Waals surface area contributed by atoms with E-state index in [0.717, 1.165) is 18.6 Å². The Morgan fingerprint density at radius 2 is 1.92 bits per heavy atom. The Labute approximate surface area is 143 Å². The second-order valence-corrected chi connectivity index (χ2v) is 8.91. The molecule has 0 bridgehead atoms. The summed E-state index contributed by atoms with van der Waals surface area (Å²) in [4.78, 5) is 0. The molecule has 2 heterocycles. The van der Waals surface area contributed by atoms with Gasteiger partial charge < -0.3 is 19.9 Å². The summed E-state index contributed by atoms with van der Waals surface area (Å²) in [5.41, 5.74) is 1.07. The molecule has 0 saturated carbocycles. The second kappa shape index (κ2) is 7.00. The highest BCUT2D eigenvalue weighted by molar-refractivity contribution is 7.91. The molecule has 0 radical (unpaired) electrons. The first kappa shape index (κ1) is 17.7. The van der Waals surface area contributed by atoms with Gasteiger partial charge in [-0.1, -0.05) is 12.1 Å². The van der Waals surface area contributed by atoms with Crippen molar-refractivity contribution >= 4 is 9.84 Å². The number of aliphatic hydroxyl groups is 1. The fourth-order valence-corrected chi connectivity index (χ4v) is 5.40. The Bertz CT molecular complexity index is 652. The fourth-order valence-electron chi connectivity index (χ4n) is 3.62. The SMILES string of the molecule is COc1ccc(C2(CN[C@H]3CS(=O)(=O)C[C@H]3O)CCOCC2)cc1. The minimum absolute atomic E-state index is 0.00333. The lowest BCUT2D eigenvalue weighted by Crippen LogP contribution is -2.49. The van der Waals surface area contributed by atoms with Gasteiger partial charge in [-0.3, -0.25) is 0 Å². The van der Waals surface area contributed by atoms with Crippen molar-refractivity contribution in [1.29, 1.82) is 0 Å². The molecule has 0 spiro atoms. The van der Waals surface area contributed by atoms with Gasteiger partial charge in [-0.25, -0.2) is 8.42 Å². The van der Waals surface area contributed by atoms with E-state index < -0.39 is 22.0 Å². The van der Waals surface area contributed by atoms with Crippen LogP contribution in [-0.4, -0.2) is 64.0 Å². The zero-order chi connectivity index (χ0) is 17.2. The molecule has 6 nitrogen and oxygen atoms in total. The average Bonchev–Trinajstić information content (AvgIpc) is 2.86. The number of hydrogen-bond donors (Lipinski definition) is 2. The molecule has 1 aromatic rings. The Morgan fingerprint density at radius 3 is 2.46 bits per heavy atom. The zero-order valence-electron chi connectivity index (χ0n) is 13.9. The van der Waals surface area contributed by atoms with Crippen LogP contribution in [0, 0.1) is 0 Å². The standard InChI is InChI=1S/C17H25NO5S/c1-22-14-4-2-13(3-5-14)17(6-8-23-9-7-17)12-18-15-10-24(20,21)11-16(15)19/h2-5,15-16,18-19H,6-12H2,1H3/t15-,16+/m0/s1. The summed E-state index contributed by atoms with van der Waals surface area (Å²) >= 11 is 0. The lowest BCUT2D eigenvalue weighted by atomic mass is 9.74. The summed E-state index contributed by atoms with van der Waals surface area (Å²) < 4.78 is 34.1. The summed E-state index contributed by atoms with van der Waals surface area (Å²) in [5, 5.41) is 13.3. The van der Waals surface area contributed by atoms with E-state index >= 15 is 0 Å². The molecule has 134 valence electrons. The molecule has 1 aromatic carbocycles. The smallest absolute Gasteiger partial charge is 0.154 e. The van der Waals surface area contributed by atoms with Gasteiger partial charge in [0, 0.05) is 31.2 Å². The van der Waals surface area contributed by atoms with Gasteiger partial charge in [0.05, 0.1) is 24.7 Å². The first-order chi connectivity index (χ1) is 11.4. The number of benzene rings is 1. The van der Waals surface area contributed by atoms with Gasteiger partial charge >= 0.3 is 0 Å². The highest BCUT2D eigenvalue weighted by atomic mass is 32.2. The van der Waals surface area contributed by atoms with E-state index in [9.17, 15) is 13.5 Å². The molecule has 2 N–H and O–H groups in total. The van der Waals surface area contributed by atoms with Gasteiger partial charge in [-0.15, -0.1) is 0 Å². The molecule has 2 saturated heterocycles. The second-order valence-electron chi connectivity index (χ2n) is 6.75. The predicted molar refractivity (Wildman–Crippen MR) is 91.2 cm³/mol. The van der Waals surface area contributed by atoms with Crippen LogP contribution in [0.5, 0.6) is 5.75 Å². The molecular formula is C17H25NO5S. The molecule has 0 aliphatic carbocycles. The van der Waals surface area contributed by atoms with Crippen molar-refractivity contribution in [3.63, 3.8) is 0 Å². The lowest BCUT2D eigenvalue weighted by molar-refractivity contribution is 0.0469. The highest BCUT2D eigenvalue weighted by Gasteiger charge is 2.40. The third-order valence-electron chi connectivity index (χ3n) is 5.18. The lowest BCUT2D eigenvalue weighted by Gasteiger charge is -2.39. The maximum atomic E-state index is 11.7. The molecule has 24 heavy (non-hydrogen) atoms. The van der Waals surface area contributed by atoms with E-state index in [0.29, 0.717) is 19.8 Å². The van der Waals surface area contributed by atoms with Crippen LogP contribution < -0.4 is 10.1 Å². The summed E-state index contributed by atoms with van der Waals surface area (Å²) in [6, 6.07) is 7.62. The number of hydrogen-bond acceptors (Lipinski definition) is 6. The molecule has 0 unspecified atom stereocenters. The number of sulfone groups is 1. The topological polar surface area (TPSA) is 84.9 Å². The van der Waals surface area contributed by atoms with E-state index in [1.165, 1.54) is 5.56 Å². The summed E-state index contributed by atoms with van der Waals surface area (Å²) in [6.45, 7) is 1.98. The van der Waals surface area contributed by atoms with Crippen LogP contribution in [0.25, 0.3) is 0 Å². The summed E-state index contributed by atoms with van der Waals surface area (Å²) in [6.07, 6.45) is 0.895. The Balaban J connectivity index is 1.76. The normalized spacial score (nSPS) is 28.6. The van der Waals surface area contributed by atoms with Crippen molar-refractivity contribution in [2.75, 3.05) is 38.4 Å². The quantitative estimate of drug-likeness (QED) is 0.800. The first-order valence-electron chi connectivity index (χ1n) is 8.28. The molecule has 0 aromatic heterocycles. The Kier molecular flexibility index (Phi) is 5.15. The molecule has 2 aliphatic rings. The molecule has 2 aliphatic heterocycles. The molecule has 3 rings (SSSR count). The highest BCUT2D eigenvalue weighted by Crippen LogP contribution is 2.35. The van der Waals surface area contributed by atoms with Crippen LogP contribution >= 0.6 is 0 Å². The van der Waals surface area contributed by atoms with Crippen LogP contribution in [0.1, 0.15) is 18.4 Å². The van der Waals surface area contributed by atoms with E-state index in [1.54, 1.807) is 7.11 Å². The van der Waals surface area contributed by atoms with Gasteiger partial charge in [0.1, 0.15) is 5.75 Å². The van der Waals surface area contributed by atoms with Crippen molar-refractivity contribution in [2.24, 2.45) is 0 Å². The largest absolute Gasteiger partial charge is 0.497 e. The van der Waals surface area contributed by atoms with Crippen LogP contribution in [0.15, 0.2) is 24.3 Å². The first-order valence-corrected chi connectivity index (χ1v) is 10.1. The van der Waals surface area contributed by atoms with Crippen molar-refractivity contribution in [2.45, 2.75) is 30.4 Å². The predicted octanol–water partition coefficient (Wildman–Crippen LogP) is 0.491. The van der Waals surface area contributed by atoms with Gasteiger partial charge in [0.2, 0.25) is 0 Å². The molecule has 2 fully saturated rings. The minimum Gasteiger partial charge on any atom is -0.497 e. The van der Waals surface area contributed by atoms with Crippen molar-refractivity contribution < 1.29 is 23.0 Å². The molecular weight excluding hydrogens is 330 g/mol. The Morgan fingerprint density at radius 1 is 1.25 bits per heavy atom. The van der Waals surface area contributed by atoms with E-state index in [4.69, 9.17) is 9.47 Å². The number of methoxy groups -OCH3 is 1. The van der Waals surface area contributed by atoms with E-state index in [-0.39, 0.29) is 16.9 Å².